The Morgan fingerprint density at radius 2 is 2.24 bits per heavy atom. The van der Waals surface area contributed by atoms with E-state index in [-0.39, 0.29) is 23.9 Å². The molecule has 0 aromatic heterocycles. The number of alkyl halides is 2. The quantitative estimate of drug-likeness (QED) is 0.820. The predicted molar refractivity (Wildman–Crippen MR) is 74.9 cm³/mol. The largest absolute Gasteiger partial charge is 0.491 e. The number of halogens is 2. The molecule has 0 spiro atoms. The molecule has 1 N–H and O–H groups in total. The lowest BCUT2D eigenvalue weighted by Gasteiger charge is -2.34. The fraction of sp³-hybridized carbons (Fsp3) is 0.467. The van der Waals surface area contributed by atoms with Gasteiger partial charge in [-0.25, -0.2) is 0 Å². The average Bonchev–Trinajstić information content (AvgIpc) is 2.45. The zero-order valence-corrected chi connectivity index (χ0v) is 11.8. The molecular formula is C15H19F2NO3. The standard InChI is InChI=1S/C15H19F2NO3/c1-3-13-14(20-8-10(2)18-13)9-19-11-5-4-6-12(7-11)21-15(16)17/h3-7,10,13-15,18H,1,8-9H2,2H3/t10-,13+,14-/m1/s1. The second-order valence-corrected chi connectivity index (χ2v) is 4.87. The van der Waals surface area contributed by atoms with Gasteiger partial charge in [-0.2, -0.15) is 8.78 Å². The van der Waals surface area contributed by atoms with Crippen LogP contribution in [0.25, 0.3) is 0 Å². The van der Waals surface area contributed by atoms with Gasteiger partial charge in [0, 0.05) is 12.1 Å². The maximum atomic E-state index is 12.2. The van der Waals surface area contributed by atoms with E-state index < -0.39 is 6.61 Å². The monoisotopic (exact) mass is 299 g/mol. The Hall–Kier alpha value is -1.66. The van der Waals surface area contributed by atoms with Gasteiger partial charge in [-0.05, 0) is 19.1 Å². The summed E-state index contributed by atoms with van der Waals surface area (Å²) >= 11 is 0. The Labute approximate surface area is 122 Å². The normalized spacial score (nSPS) is 25.6. The van der Waals surface area contributed by atoms with Crippen LogP contribution in [0.5, 0.6) is 11.5 Å². The molecule has 0 radical (unpaired) electrons. The zero-order chi connectivity index (χ0) is 15.2. The third kappa shape index (κ3) is 4.68. The van der Waals surface area contributed by atoms with Crippen molar-refractivity contribution in [2.75, 3.05) is 13.2 Å². The number of hydrogen-bond donors (Lipinski definition) is 1. The van der Waals surface area contributed by atoms with E-state index in [1.807, 2.05) is 6.92 Å². The molecular weight excluding hydrogens is 280 g/mol. The molecule has 1 heterocycles. The van der Waals surface area contributed by atoms with E-state index in [1.54, 1.807) is 18.2 Å². The van der Waals surface area contributed by atoms with Gasteiger partial charge >= 0.3 is 6.61 Å². The molecule has 0 saturated carbocycles. The molecule has 0 amide bonds. The van der Waals surface area contributed by atoms with Crippen molar-refractivity contribution in [3.63, 3.8) is 0 Å². The van der Waals surface area contributed by atoms with Crippen molar-refractivity contribution in [1.29, 1.82) is 0 Å². The summed E-state index contributed by atoms with van der Waals surface area (Å²) in [7, 11) is 0. The van der Waals surface area contributed by atoms with Gasteiger partial charge in [0.1, 0.15) is 24.2 Å². The van der Waals surface area contributed by atoms with Crippen LogP contribution in [0.1, 0.15) is 6.92 Å². The molecule has 1 aliphatic heterocycles. The van der Waals surface area contributed by atoms with Gasteiger partial charge in [0.05, 0.1) is 12.6 Å². The Balaban J connectivity index is 1.91. The number of hydrogen-bond acceptors (Lipinski definition) is 4. The minimum atomic E-state index is -2.85. The molecule has 6 heteroatoms. The van der Waals surface area contributed by atoms with Crippen molar-refractivity contribution in [2.24, 2.45) is 0 Å². The first kappa shape index (κ1) is 15.7. The van der Waals surface area contributed by atoms with Crippen molar-refractivity contribution >= 4 is 0 Å². The van der Waals surface area contributed by atoms with Crippen LogP contribution in [-0.2, 0) is 4.74 Å². The summed E-state index contributed by atoms with van der Waals surface area (Å²) in [4.78, 5) is 0. The first-order chi connectivity index (χ1) is 10.1. The maximum Gasteiger partial charge on any atom is 0.387 e. The molecule has 3 atom stereocenters. The van der Waals surface area contributed by atoms with Crippen LogP contribution in [0.2, 0.25) is 0 Å². The molecule has 116 valence electrons. The van der Waals surface area contributed by atoms with Crippen LogP contribution >= 0.6 is 0 Å². The van der Waals surface area contributed by atoms with Crippen LogP contribution in [0.4, 0.5) is 8.78 Å². The van der Waals surface area contributed by atoms with Crippen molar-refractivity contribution in [2.45, 2.75) is 31.7 Å². The van der Waals surface area contributed by atoms with Crippen LogP contribution < -0.4 is 14.8 Å². The molecule has 0 bridgehead atoms. The van der Waals surface area contributed by atoms with Gasteiger partial charge in [-0.15, -0.1) is 6.58 Å². The first-order valence-electron chi connectivity index (χ1n) is 6.76. The highest BCUT2D eigenvalue weighted by Gasteiger charge is 2.27. The van der Waals surface area contributed by atoms with E-state index in [9.17, 15) is 8.78 Å². The summed E-state index contributed by atoms with van der Waals surface area (Å²) in [5, 5.41) is 3.34. The summed E-state index contributed by atoms with van der Waals surface area (Å²) in [5.74, 6) is 0.525. The van der Waals surface area contributed by atoms with E-state index in [0.29, 0.717) is 19.0 Å². The Bertz CT molecular complexity index is 470. The van der Waals surface area contributed by atoms with Crippen LogP contribution in [0, 0.1) is 0 Å². The average molecular weight is 299 g/mol. The van der Waals surface area contributed by atoms with E-state index in [0.717, 1.165) is 0 Å². The Morgan fingerprint density at radius 1 is 1.48 bits per heavy atom. The zero-order valence-electron chi connectivity index (χ0n) is 11.8. The lowest BCUT2D eigenvalue weighted by molar-refractivity contribution is -0.0502. The van der Waals surface area contributed by atoms with E-state index >= 15 is 0 Å². The highest BCUT2D eigenvalue weighted by atomic mass is 19.3. The summed E-state index contributed by atoms with van der Waals surface area (Å²) < 4.78 is 39.9. The molecule has 2 rings (SSSR count). The van der Waals surface area contributed by atoms with Crippen molar-refractivity contribution in [3.05, 3.63) is 36.9 Å². The molecule has 21 heavy (non-hydrogen) atoms. The Kier molecular flexibility index (Phi) is 5.52. The fourth-order valence-corrected chi connectivity index (χ4v) is 2.15. The highest BCUT2D eigenvalue weighted by molar-refractivity contribution is 5.33. The molecule has 1 aromatic carbocycles. The van der Waals surface area contributed by atoms with Gasteiger partial charge in [0.2, 0.25) is 0 Å². The second kappa shape index (κ2) is 7.38. The van der Waals surface area contributed by atoms with Crippen LogP contribution in [0.15, 0.2) is 36.9 Å². The SMILES string of the molecule is C=C[C@@H]1N[C@H](C)CO[C@@H]1COc1cccc(OC(F)F)c1. The van der Waals surface area contributed by atoms with E-state index in [4.69, 9.17) is 9.47 Å². The van der Waals surface area contributed by atoms with Crippen LogP contribution in [0.3, 0.4) is 0 Å². The second-order valence-electron chi connectivity index (χ2n) is 4.87. The molecule has 1 aliphatic rings. The molecule has 0 unspecified atom stereocenters. The smallest absolute Gasteiger partial charge is 0.387 e. The summed E-state index contributed by atoms with van der Waals surface area (Å²) in [6, 6.07) is 6.40. The van der Waals surface area contributed by atoms with Gasteiger partial charge in [0.25, 0.3) is 0 Å². The predicted octanol–water partition coefficient (Wildman–Crippen LogP) is 2.60. The maximum absolute atomic E-state index is 12.2. The topological polar surface area (TPSA) is 39.7 Å². The summed E-state index contributed by atoms with van der Waals surface area (Å²) in [5.41, 5.74) is 0. The van der Waals surface area contributed by atoms with E-state index in [1.165, 1.54) is 12.1 Å². The highest BCUT2D eigenvalue weighted by Crippen LogP contribution is 2.22. The lowest BCUT2D eigenvalue weighted by atomic mass is 10.1. The summed E-state index contributed by atoms with van der Waals surface area (Å²) in [6.07, 6.45) is 1.61. The van der Waals surface area contributed by atoms with Gasteiger partial charge in [-0.3, -0.25) is 0 Å². The number of nitrogens with one attached hydrogen (secondary N) is 1. The molecule has 1 aromatic rings. The Morgan fingerprint density at radius 3 is 2.95 bits per heavy atom. The number of benzene rings is 1. The minimum Gasteiger partial charge on any atom is -0.491 e. The fourth-order valence-electron chi connectivity index (χ4n) is 2.15. The van der Waals surface area contributed by atoms with Gasteiger partial charge in [0.15, 0.2) is 0 Å². The number of ether oxygens (including phenoxy) is 3. The van der Waals surface area contributed by atoms with Crippen molar-refractivity contribution < 1.29 is 23.0 Å². The van der Waals surface area contributed by atoms with Crippen molar-refractivity contribution in [3.8, 4) is 11.5 Å². The van der Waals surface area contributed by atoms with Crippen LogP contribution in [-0.4, -0.2) is 38.0 Å². The lowest BCUT2D eigenvalue weighted by Crippen LogP contribution is -2.53. The molecule has 0 aliphatic carbocycles. The number of morpholine rings is 1. The minimum absolute atomic E-state index is 0.00533. The molecule has 4 nitrogen and oxygen atoms in total. The molecule has 1 saturated heterocycles. The summed E-state index contributed by atoms with van der Waals surface area (Å²) in [6.45, 7) is 3.84. The number of rotatable bonds is 6. The molecule has 1 fully saturated rings. The first-order valence-corrected chi connectivity index (χ1v) is 6.76. The third-order valence-electron chi connectivity index (χ3n) is 3.14. The van der Waals surface area contributed by atoms with E-state index in [2.05, 4.69) is 16.6 Å². The van der Waals surface area contributed by atoms with Crippen molar-refractivity contribution in [1.82, 2.24) is 5.32 Å². The third-order valence-corrected chi connectivity index (χ3v) is 3.14. The van der Waals surface area contributed by atoms with Gasteiger partial charge in [-0.1, -0.05) is 12.1 Å². The van der Waals surface area contributed by atoms with Gasteiger partial charge < -0.3 is 19.5 Å².